The van der Waals surface area contributed by atoms with E-state index < -0.39 is 6.43 Å². The van der Waals surface area contributed by atoms with E-state index in [9.17, 15) is 13.9 Å². The highest BCUT2D eigenvalue weighted by Gasteiger charge is 2.27. The molecular weight excluding hydrogens is 298 g/mol. The third-order valence-electron chi connectivity index (χ3n) is 3.91. The van der Waals surface area contributed by atoms with Gasteiger partial charge in [-0.3, -0.25) is 4.90 Å². The molecule has 21 heavy (non-hydrogen) atoms. The fourth-order valence-electron chi connectivity index (χ4n) is 3.09. The Morgan fingerprint density at radius 2 is 1.71 bits per heavy atom. The van der Waals surface area contributed by atoms with Gasteiger partial charge in [-0.15, -0.1) is 12.4 Å². The van der Waals surface area contributed by atoms with Crippen LogP contribution >= 0.6 is 12.4 Å². The SMILES string of the molecule is Cc1cc(O)cc(C)c1[C@H](CC(F)F)N1CCNCC1.Cl. The van der Waals surface area contributed by atoms with E-state index in [1.807, 2.05) is 13.8 Å². The molecule has 2 N–H and O–H groups in total. The van der Waals surface area contributed by atoms with Crippen LogP contribution in [0.3, 0.4) is 0 Å². The number of alkyl halides is 2. The van der Waals surface area contributed by atoms with Gasteiger partial charge in [0, 0.05) is 38.6 Å². The number of nitrogens with zero attached hydrogens (tertiary/aromatic N) is 1. The summed E-state index contributed by atoms with van der Waals surface area (Å²) in [7, 11) is 0. The lowest BCUT2D eigenvalue weighted by Crippen LogP contribution is -2.45. The summed E-state index contributed by atoms with van der Waals surface area (Å²) in [4.78, 5) is 2.12. The number of phenolic OH excluding ortho intramolecular Hbond substituents is 1. The molecule has 1 atom stereocenters. The van der Waals surface area contributed by atoms with E-state index in [4.69, 9.17) is 0 Å². The Balaban J connectivity index is 0.00000220. The van der Waals surface area contributed by atoms with Crippen molar-refractivity contribution in [2.75, 3.05) is 26.2 Å². The van der Waals surface area contributed by atoms with Crippen LogP contribution < -0.4 is 5.32 Å². The first-order valence-corrected chi connectivity index (χ1v) is 7.02. The Bertz CT molecular complexity index is 442. The molecule has 1 aromatic rings. The van der Waals surface area contributed by atoms with Gasteiger partial charge in [-0.2, -0.15) is 0 Å². The second-order valence-electron chi connectivity index (χ2n) is 5.42. The van der Waals surface area contributed by atoms with Crippen molar-refractivity contribution in [1.29, 1.82) is 0 Å². The summed E-state index contributed by atoms with van der Waals surface area (Å²) in [6, 6.07) is 3.03. The summed E-state index contributed by atoms with van der Waals surface area (Å²) < 4.78 is 26.0. The number of halogens is 3. The Labute approximate surface area is 130 Å². The first-order chi connectivity index (χ1) is 9.49. The van der Waals surface area contributed by atoms with Crippen molar-refractivity contribution >= 4 is 12.4 Å². The molecule has 6 heteroatoms. The topological polar surface area (TPSA) is 35.5 Å². The Morgan fingerprint density at radius 1 is 1.19 bits per heavy atom. The molecule has 0 bridgehead atoms. The maximum absolute atomic E-state index is 13.0. The average Bonchev–Trinajstić information content (AvgIpc) is 2.37. The number of nitrogens with one attached hydrogen (secondary N) is 1. The average molecular weight is 321 g/mol. The van der Waals surface area contributed by atoms with Crippen LogP contribution in [0, 0.1) is 13.8 Å². The predicted molar refractivity (Wildman–Crippen MR) is 82.6 cm³/mol. The lowest BCUT2D eigenvalue weighted by Gasteiger charge is -2.36. The van der Waals surface area contributed by atoms with E-state index in [1.165, 1.54) is 0 Å². The minimum atomic E-state index is -2.33. The van der Waals surface area contributed by atoms with Crippen LogP contribution in [0.25, 0.3) is 0 Å². The zero-order chi connectivity index (χ0) is 14.7. The van der Waals surface area contributed by atoms with Crippen molar-refractivity contribution in [3.63, 3.8) is 0 Å². The number of piperazine rings is 1. The lowest BCUT2D eigenvalue weighted by molar-refractivity contribution is 0.0734. The van der Waals surface area contributed by atoms with Gasteiger partial charge in [-0.25, -0.2) is 8.78 Å². The second kappa shape index (κ2) is 7.92. The third-order valence-corrected chi connectivity index (χ3v) is 3.91. The lowest BCUT2D eigenvalue weighted by atomic mass is 9.92. The van der Waals surface area contributed by atoms with E-state index in [1.54, 1.807) is 12.1 Å². The molecule has 1 aromatic carbocycles. The first-order valence-electron chi connectivity index (χ1n) is 7.02. The van der Waals surface area contributed by atoms with Gasteiger partial charge in [0.2, 0.25) is 6.43 Å². The van der Waals surface area contributed by atoms with E-state index in [2.05, 4.69) is 10.2 Å². The number of aryl methyl sites for hydroxylation is 2. The van der Waals surface area contributed by atoms with Crippen molar-refractivity contribution in [2.24, 2.45) is 0 Å². The monoisotopic (exact) mass is 320 g/mol. The summed E-state index contributed by atoms with van der Waals surface area (Å²) >= 11 is 0. The summed E-state index contributed by atoms with van der Waals surface area (Å²) in [6.45, 7) is 6.96. The van der Waals surface area contributed by atoms with Crippen molar-refractivity contribution in [1.82, 2.24) is 10.2 Å². The molecule has 1 heterocycles. The molecule has 1 fully saturated rings. The summed E-state index contributed by atoms with van der Waals surface area (Å²) in [5.41, 5.74) is 2.70. The van der Waals surface area contributed by atoms with Gasteiger partial charge in [0.05, 0.1) is 0 Å². The Morgan fingerprint density at radius 3 is 2.19 bits per heavy atom. The highest BCUT2D eigenvalue weighted by molar-refractivity contribution is 5.85. The summed E-state index contributed by atoms with van der Waals surface area (Å²) in [5.74, 6) is 0.194. The molecule has 0 aliphatic carbocycles. The summed E-state index contributed by atoms with van der Waals surface area (Å²) in [5, 5.41) is 12.9. The smallest absolute Gasteiger partial charge is 0.240 e. The van der Waals surface area contributed by atoms with Crippen LogP contribution in [0.5, 0.6) is 5.75 Å². The number of phenols is 1. The van der Waals surface area contributed by atoms with E-state index in [0.717, 1.165) is 42.9 Å². The summed E-state index contributed by atoms with van der Waals surface area (Å²) in [6.07, 6.45) is -2.49. The van der Waals surface area contributed by atoms with E-state index in [-0.39, 0.29) is 30.6 Å². The third kappa shape index (κ3) is 4.53. The highest BCUT2D eigenvalue weighted by atomic mass is 35.5. The van der Waals surface area contributed by atoms with Gasteiger partial charge in [-0.1, -0.05) is 0 Å². The molecule has 120 valence electrons. The van der Waals surface area contributed by atoms with Crippen molar-refractivity contribution in [3.8, 4) is 5.75 Å². The molecule has 0 aromatic heterocycles. The van der Waals surface area contributed by atoms with Gasteiger partial charge >= 0.3 is 0 Å². The van der Waals surface area contributed by atoms with Crippen LogP contribution in [0.15, 0.2) is 12.1 Å². The Hall–Kier alpha value is -0.910. The van der Waals surface area contributed by atoms with Gasteiger partial charge < -0.3 is 10.4 Å². The van der Waals surface area contributed by atoms with E-state index >= 15 is 0 Å². The number of rotatable bonds is 4. The minimum Gasteiger partial charge on any atom is -0.508 e. The molecule has 0 unspecified atom stereocenters. The standard InChI is InChI=1S/C15H22F2N2O.ClH/c1-10-7-12(20)8-11(2)15(10)13(9-14(16)17)19-5-3-18-4-6-19;/h7-8,13-14,18,20H,3-6,9H2,1-2H3;1H/t13-;/m0./s1. The number of hydrogen-bond donors (Lipinski definition) is 2. The zero-order valence-electron chi connectivity index (χ0n) is 12.4. The van der Waals surface area contributed by atoms with Gasteiger partial charge in [0.25, 0.3) is 0 Å². The van der Waals surface area contributed by atoms with E-state index in [0.29, 0.717) is 0 Å². The fourth-order valence-corrected chi connectivity index (χ4v) is 3.09. The predicted octanol–water partition coefficient (Wildman–Crippen LogP) is 3.03. The van der Waals surface area contributed by atoms with Gasteiger partial charge in [0.15, 0.2) is 0 Å². The molecule has 3 nitrogen and oxygen atoms in total. The van der Waals surface area contributed by atoms with Crippen LogP contribution in [0.2, 0.25) is 0 Å². The minimum absolute atomic E-state index is 0. The number of benzene rings is 1. The van der Waals surface area contributed by atoms with Crippen molar-refractivity contribution in [2.45, 2.75) is 32.7 Å². The first kappa shape index (κ1) is 18.1. The second-order valence-corrected chi connectivity index (χ2v) is 5.42. The fraction of sp³-hybridized carbons (Fsp3) is 0.600. The van der Waals surface area contributed by atoms with Gasteiger partial charge in [-0.05, 0) is 42.7 Å². The zero-order valence-corrected chi connectivity index (χ0v) is 13.2. The van der Waals surface area contributed by atoms with Crippen LogP contribution in [0.4, 0.5) is 8.78 Å². The molecule has 0 amide bonds. The van der Waals surface area contributed by atoms with Crippen LogP contribution in [-0.2, 0) is 0 Å². The van der Waals surface area contributed by atoms with Gasteiger partial charge in [0.1, 0.15) is 5.75 Å². The molecule has 0 radical (unpaired) electrons. The van der Waals surface area contributed by atoms with Crippen LogP contribution in [0.1, 0.15) is 29.2 Å². The maximum atomic E-state index is 13.0. The molecule has 1 aliphatic heterocycles. The molecular formula is C15H23ClF2N2O. The molecule has 1 saturated heterocycles. The molecule has 0 spiro atoms. The van der Waals surface area contributed by atoms with Crippen molar-refractivity contribution in [3.05, 3.63) is 28.8 Å². The van der Waals surface area contributed by atoms with Crippen LogP contribution in [-0.4, -0.2) is 42.6 Å². The highest BCUT2D eigenvalue weighted by Crippen LogP contribution is 2.34. The maximum Gasteiger partial charge on any atom is 0.240 e. The number of hydrogen-bond acceptors (Lipinski definition) is 3. The normalized spacial score (nSPS) is 17.6. The molecule has 0 saturated carbocycles. The quantitative estimate of drug-likeness (QED) is 0.895. The largest absolute Gasteiger partial charge is 0.508 e. The number of aromatic hydroxyl groups is 1. The molecule has 1 aliphatic rings. The Kier molecular flexibility index (Phi) is 6.84. The molecule has 2 rings (SSSR count). The van der Waals surface area contributed by atoms with Crippen molar-refractivity contribution < 1.29 is 13.9 Å².